The van der Waals surface area contributed by atoms with E-state index in [1.807, 2.05) is 0 Å². The number of nitrogens with zero attached hydrogens (tertiary/aromatic N) is 4. The Hall–Kier alpha value is -0.940. The molecule has 5 nitrogen and oxygen atoms in total. The van der Waals surface area contributed by atoms with Crippen LogP contribution >= 0.6 is 0 Å². The lowest BCUT2D eigenvalue weighted by atomic mass is 9.76. The molecule has 1 aliphatic carbocycles. The summed E-state index contributed by atoms with van der Waals surface area (Å²) in [6.07, 6.45) is 7.55. The van der Waals surface area contributed by atoms with Gasteiger partial charge >= 0.3 is 0 Å². The molecule has 0 radical (unpaired) electrons. The molecule has 1 atom stereocenters. The van der Waals surface area contributed by atoms with Gasteiger partial charge in [0.2, 0.25) is 5.89 Å². The topological polar surface area (TPSA) is 45.4 Å². The molecule has 1 saturated carbocycles. The van der Waals surface area contributed by atoms with Crippen LogP contribution in [0.5, 0.6) is 0 Å². The van der Waals surface area contributed by atoms with E-state index >= 15 is 0 Å². The lowest BCUT2D eigenvalue weighted by molar-refractivity contribution is 0.0890. The molecular weight excluding hydrogens is 288 g/mol. The van der Waals surface area contributed by atoms with Crippen LogP contribution in [0.4, 0.5) is 0 Å². The molecule has 3 fully saturated rings. The molecule has 2 saturated heterocycles. The molecular formula is C18H30N4O. The summed E-state index contributed by atoms with van der Waals surface area (Å²) in [6.45, 7) is 8.26. The van der Waals surface area contributed by atoms with Crippen molar-refractivity contribution >= 4 is 0 Å². The van der Waals surface area contributed by atoms with Gasteiger partial charge in [-0.15, -0.1) is 0 Å². The second-order valence-electron chi connectivity index (χ2n) is 8.38. The molecule has 0 bridgehead atoms. The second-order valence-corrected chi connectivity index (χ2v) is 8.38. The average molecular weight is 318 g/mol. The first-order valence-electron chi connectivity index (χ1n) is 9.34. The van der Waals surface area contributed by atoms with Crippen LogP contribution in [0.3, 0.4) is 0 Å². The van der Waals surface area contributed by atoms with Crippen molar-refractivity contribution < 1.29 is 4.52 Å². The molecule has 1 unspecified atom stereocenters. The minimum absolute atomic E-state index is 0.346. The Balaban J connectivity index is 1.44. The van der Waals surface area contributed by atoms with E-state index in [0.717, 1.165) is 11.7 Å². The van der Waals surface area contributed by atoms with Gasteiger partial charge in [0.15, 0.2) is 5.82 Å². The van der Waals surface area contributed by atoms with E-state index in [1.165, 1.54) is 58.2 Å². The van der Waals surface area contributed by atoms with Gasteiger partial charge in [-0.3, -0.25) is 4.90 Å². The van der Waals surface area contributed by atoms with E-state index < -0.39 is 0 Å². The van der Waals surface area contributed by atoms with Crippen LogP contribution in [0.15, 0.2) is 4.52 Å². The van der Waals surface area contributed by atoms with Crippen molar-refractivity contribution in [2.24, 2.45) is 5.41 Å². The highest BCUT2D eigenvalue weighted by atomic mass is 16.5. The molecule has 4 rings (SSSR count). The molecule has 5 heteroatoms. The summed E-state index contributed by atoms with van der Waals surface area (Å²) in [5.74, 6) is 2.35. The van der Waals surface area contributed by atoms with Gasteiger partial charge in [0.05, 0.1) is 6.04 Å². The molecule has 1 spiro atoms. The van der Waals surface area contributed by atoms with Crippen LogP contribution in [0.2, 0.25) is 0 Å². The van der Waals surface area contributed by atoms with Gasteiger partial charge in [-0.2, -0.15) is 4.98 Å². The van der Waals surface area contributed by atoms with Gasteiger partial charge in [-0.1, -0.05) is 11.6 Å². The Morgan fingerprint density at radius 1 is 1.22 bits per heavy atom. The smallest absolute Gasteiger partial charge is 0.229 e. The molecule has 23 heavy (non-hydrogen) atoms. The summed E-state index contributed by atoms with van der Waals surface area (Å²) >= 11 is 0. The Kier molecular flexibility index (Phi) is 3.96. The van der Waals surface area contributed by atoms with Crippen molar-refractivity contribution in [3.63, 3.8) is 0 Å². The van der Waals surface area contributed by atoms with E-state index in [2.05, 4.69) is 35.9 Å². The van der Waals surface area contributed by atoms with Crippen LogP contribution in [0, 0.1) is 5.41 Å². The van der Waals surface area contributed by atoms with Crippen molar-refractivity contribution in [3.8, 4) is 0 Å². The fourth-order valence-electron chi connectivity index (χ4n) is 4.64. The largest absolute Gasteiger partial charge is 0.339 e. The fourth-order valence-corrected chi connectivity index (χ4v) is 4.64. The zero-order valence-electron chi connectivity index (χ0n) is 14.8. The van der Waals surface area contributed by atoms with E-state index in [1.54, 1.807) is 0 Å². The molecule has 0 aromatic carbocycles. The maximum Gasteiger partial charge on any atom is 0.229 e. The molecule has 0 N–H and O–H groups in total. The zero-order chi connectivity index (χ0) is 16.0. The van der Waals surface area contributed by atoms with Crippen LogP contribution in [-0.4, -0.2) is 52.7 Å². The van der Waals surface area contributed by atoms with Crippen molar-refractivity contribution in [1.29, 1.82) is 0 Å². The van der Waals surface area contributed by atoms with E-state index in [9.17, 15) is 0 Å². The number of rotatable bonds is 3. The molecule has 3 heterocycles. The summed E-state index contributed by atoms with van der Waals surface area (Å²) in [4.78, 5) is 9.83. The molecule has 1 aromatic rings. The van der Waals surface area contributed by atoms with Crippen LogP contribution in [-0.2, 0) is 0 Å². The third kappa shape index (κ3) is 2.82. The first-order chi connectivity index (χ1) is 11.1. The quantitative estimate of drug-likeness (QED) is 0.856. The van der Waals surface area contributed by atoms with Crippen LogP contribution in [0.1, 0.15) is 76.0 Å². The Labute approximate surface area is 139 Å². The standard InChI is InChI=1S/C18H30N4O/c1-13(2)22-9-7-18(8-10-22)11-15(21(3)12-18)16-19-17(23-20-16)14-5-4-6-14/h13-15H,4-12H2,1-3H3. The first kappa shape index (κ1) is 15.6. The summed E-state index contributed by atoms with van der Waals surface area (Å²) in [7, 11) is 2.23. The minimum atomic E-state index is 0.346. The van der Waals surface area contributed by atoms with E-state index in [4.69, 9.17) is 9.51 Å². The third-order valence-electron chi connectivity index (χ3n) is 6.54. The molecule has 1 aromatic heterocycles. The summed E-state index contributed by atoms with van der Waals surface area (Å²) in [5, 5.41) is 4.33. The first-order valence-corrected chi connectivity index (χ1v) is 9.34. The lowest BCUT2D eigenvalue weighted by Crippen LogP contribution is -2.44. The van der Waals surface area contributed by atoms with Gasteiger partial charge in [0.1, 0.15) is 0 Å². The van der Waals surface area contributed by atoms with Gasteiger partial charge in [-0.25, -0.2) is 0 Å². The highest BCUT2D eigenvalue weighted by molar-refractivity contribution is 5.07. The Morgan fingerprint density at radius 2 is 1.96 bits per heavy atom. The SMILES string of the molecule is CC(C)N1CCC2(CC1)CC(c1noc(C3CCC3)n1)N(C)C2. The van der Waals surface area contributed by atoms with E-state index in [0.29, 0.717) is 23.4 Å². The number of hydrogen-bond acceptors (Lipinski definition) is 5. The Morgan fingerprint density at radius 3 is 2.57 bits per heavy atom. The predicted octanol–water partition coefficient (Wildman–Crippen LogP) is 3.20. The number of piperidine rings is 1. The molecule has 0 amide bonds. The van der Waals surface area contributed by atoms with Gasteiger partial charge in [0, 0.05) is 18.5 Å². The van der Waals surface area contributed by atoms with Gasteiger partial charge in [0.25, 0.3) is 0 Å². The number of likely N-dealkylation sites (tertiary alicyclic amines) is 2. The third-order valence-corrected chi connectivity index (χ3v) is 6.54. The number of hydrogen-bond donors (Lipinski definition) is 0. The summed E-state index contributed by atoms with van der Waals surface area (Å²) in [5.41, 5.74) is 0.460. The minimum Gasteiger partial charge on any atom is -0.339 e. The number of aromatic nitrogens is 2. The average Bonchev–Trinajstić information content (AvgIpc) is 3.03. The second kappa shape index (κ2) is 5.85. The van der Waals surface area contributed by atoms with E-state index in [-0.39, 0.29) is 0 Å². The van der Waals surface area contributed by atoms with Crippen LogP contribution in [0.25, 0.3) is 0 Å². The summed E-state index contributed by atoms with van der Waals surface area (Å²) in [6, 6.07) is 1.02. The van der Waals surface area contributed by atoms with Crippen molar-refractivity contribution in [2.75, 3.05) is 26.7 Å². The van der Waals surface area contributed by atoms with Gasteiger partial charge < -0.3 is 9.42 Å². The Bertz CT molecular complexity index is 543. The lowest BCUT2D eigenvalue weighted by Gasteiger charge is -2.41. The zero-order valence-corrected chi connectivity index (χ0v) is 14.8. The maximum absolute atomic E-state index is 5.56. The van der Waals surface area contributed by atoms with Gasteiger partial charge in [-0.05, 0) is 71.5 Å². The normalized spacial score (nSPS) is 29.5. The highest BCUT2D eigenvalue weighted by Gasteiger charge is 2.46. The highest BCUT2D eigenvalue weighted by Crippen LogP contribution is 2.48. The van der Waals surface area contributed by atoms with Crippen LogP contribution < -0.4 is 0 Å². The van der Waals surface area contributed by atoms with Crippen molar-refractivity contribution in [2.45, 2.75) is 70.4 Å². The molecule has 128 valence electrons. The maximum atomic E-state index is 5.56. The van der Waals surface area contributed by atoms with Crippen molar-refractivity contribution in [1.82, 2.24) is 19.9 Å². The molecule has 2 aliphatic heterocycles. The van der Waals surface area contributed by atoms with Crippen molar-refractivity contribution in [3.05, 3.63) is 11.7 Å². The predicted molar refractivity (Wildman–Crippen MR) is 89.3 cm³/mol. The fraction of sp³-hybridized carbons (Fsp3) is 0.889. The monoisotopic (exact) mass is 318 g/mol. The summed E-state index contributed by atoms with van der Waals surface area (Å²) < 4.78 is 5.56. The molecule has 3 aliphatic rings.